The Hall–Kier alpha value is -1.59. The number of urea groups is 1. The minimum absolute atomic E-state index is 0.0229. The Morgan fingerprint density at radius 3 is 2.04 bits per heavy atom. The Kier molecular flexibility index (Phi) is 8.06. The molecule has 0 heterocycles. The summed E-state index contributed by atoms with van der Waals surface area (Å²) in [6.45, 7) is 9.02. The predicted molar refractivity (Wildman–Crippen MR) is 94.0 cm³/mol. The molecule has 2 amide bonds. The Balaban J connectivity index is 3.07. The van der Waals surface area contributed by atoms with Crippen LogP contribution in [0.3, 0.4) is 0 Å². The molecule has 0 fully saturated rings. The van der Waals surface area contributed by atoms with Gasteiger partial charge in [0.2, 0.25) is 0 Å². The fourth-order valence-electron chi connectivity index (χ4n) is 2.58. The van der Waals surface area contributed by atoms with E-state index in [9.17, 15) is 4.79 Å². The van der Waals surface area contributed by atoms with E-state index in [0.29, 0.717) is 24.8 Å². The number of aliphatic hydroxyl groups excluding tert-OH is 2. The van der Waals surface area contributed by atoms with Gasteiger partial charge >= 0.3 is 6.03 Å². The molecule has 0 radical (unpaired) electrons. The number of aliphatic hydroxyl groups is 2. The Labute approximate surface area is 139 Å². The summed E-state index contributed by atoms with van der Waals surface area (Å²) >= 11 is 0. The lowest BCUT2D eigenvalue weighted by molar-refractivity contribution is 0.180. The van der Waals surface area contributed by atoms with Crippen LogP contribution in [-0.4, -0.2) is 47.4 Å². The Bertz CT molecular complexity index is 475. The van der Waals surface area contributed by atoms with Crippen LogP contribution in [0.25, 0.3) is 0 Å². The van der Waals surface area contributed by atoms with E-state index in [4.69, 9.17) is 10.2 Å². The van der Waals surface area contributed by atoms with Crippen LogP contribution in [0.2, 0.25) is 0 Å². The monoisotopic (exact) mass is 322 g/mol. The molecular formula is C18H30N2O3. The summed E-state index contributed by atoms with van der Waals surface area (Å²) in [6, 6.07) is 5.87. The second kappa shape index (κ2) is 9.53. The van der Waals surface area contributed by atoms with Gasteiger partial charge in [-0.2, -0.15) is 0 Å². The number of rotatable bonds is 8. The van der Waals surface area contributed by atoms with Gasteiger partial charge in [0.25, 0.3) is 0 Å². The predicted octanol–water partition coefficient (Wildman–Crippen LogP) is 3.14. The maximum atomic E-state index is 12.6. The molecule has 130 valence electrons. The lowest BCUT2D eigenvalue weighted by Gasteiger charge is -2.25. The van der Waals surface area contributed by atoms with E-state index >= 15 is 0 Å². The van der Waals surface area contributed by atoms with Gasteiger partial charge in [-0.1, -0.05) is 45.9 Å². The molecule has 1 rings (SSSR count). The summed E-state index contributed by atoms with van der Waals surface area (Å²) in [5, 5.41) is 21.2. The molecular weight excluding hydrogens is 292 g/mol. The highest BCUT2D eigenvalue weighted by molar-refractivity contribution is 5.91. The number of para-hydroxylation sites is 1. The second-order valence-electron chi connectivity index (χ2n) is 6.34. The number of nitrogens with one attached hydrogen (secondary N) is 1. The molecule has 0 aliphatic rings. The van der Waals surface area contributed by atoms with Crippen LogP contribution in [-0.2, 0) is 0 Å². The summed E-state index contributed by atoms with van der Waals surface area (Å²) in [5.41, 5.74) is 3.08. The molecule has 0 aromatic heterocycles. The molecule has 0 spiro atoms. The highest BCUT2D eigenvalue weighted by Gasteiger charge is 2.19. The van der Waals surface area contributed by atoms with Crippen LogP contribution in [0.1, 0.15) is 57.1 Å². The number of hydrogen-bond acceptors (Lipinski definition) is 3. The number of nitrogens with zero attached hydrogens (tertiary/aromatic N) is 1. The summed E-state index contributed by atoms with van der Waals surface area (Å²) in [6.07, 6.45) is 0.496. The molecule has 23 heavy (non-hydrogen) atoms. The maximum Gasteiger partial charge on any atom is 0.321 e. The van der Waals surface area contributed by atoms with Crippen molar-refractivity contribution >= 4 is 11.7 Å². The minimum Gasteiger partial charge on any atom is -0.396 e. The second-order valence-corrected chi connectivity index (χ2v) is 6.34. The molecule has 0 atom stereocenters. The van der Waals surface area contributed by atoms with Gasteiger partial charge in [0.1, 0.15) is 0 Å². The third kappa shape index (κ3) is 5.52. The molecule has 1 aromatic rings. The summed E-state index contributed by atoms with van der Waals surface area (Å²) in [5.74, 6) is 0.598. The number of hydrogen-bond donors (Lipinski definition) is 3. The van der Waals surface area contributed by atoms with Gasteiger partial charge < -0.3 is 20.4 Å². The molecule has 0 saturated carbocycles. The molecule has 5 nitrogen and oxygen atoms in total. The van der Waals surface area contributed by atoms with Gasteiger partial charge in [-0.3, -0.25) is 0 Å². The van der Waals surface area contributed by atoms with E-state index in [2.05, 4.69) is 33.0 Å². The van der Waals surface area contributed by atoms with Crippen molar-refractivity contribution < 1.29 is 15.0 Å². The van der Waals surface area contributed by atoms with Crippen LogP contribution >= 0.6 is 0 Å². The number of benzene rings is 1. The number of carbonyl (C=O) groups excluding carboxylic acids is 1. The average molecular weight is 322 g/mol. The van der Waals surface area contributed by atoms with E-state index in [0.717, 1.165) is 16.8 Å². The lowest BCUT2D eigenvalue weighted by Crippen LogP contribution is -2.38. The summed E-state index contributed by atoms with van der Waals surface area (Å²) in [4.78, 5) is 14.1. The van der Waals surface area contributed by atoms with Gasteiger partial charge in [0.05, 0.1) is 6.61 Å². The van der Waals surface area contributed by atoms with E-state index in [-0.39, 0.29) is 25.8 Å². The molecule has 1 aromatic carbocycles. The van der Waals surface area contributed by atoms with Crippen molar-refractivity contribution in [3.63, 3.8) is 0 Å². The Morgan fingerprint density at radius 1 is 1.04 bits per heavy atom. The smallest absolute Gasteiger partial charge is 0.321 e. The van der Waals surface area contributed by atoms with Crippen molar-refractivity contribution in [3.05, 3.63) is 29.3 Å². The van der Waals surface area contributed by atoms with Crippen molar-refractivity contribution in [1.82, 2.24) is 4.90 Å². The lowest BCUT2D eigenvalue weighted by atomic mass is 9.93. The standard InChI is InChI=1S/C18H30N2O3/c1-13(2)15-7-5-8-16(14(3)4)17(15)19-18(23)20(10-12-22)9-6-11-21/h5,7-8,13-14,21-22H,6,9-12H2,1-4H3,(H,19,23). The van der Waals surface area contributed by atoms with E-state index in [1.54, 1.807) is 0 Å². The SMILES string of the molecule is CC(C)c1cccc(C(C)C)c1NC(=O)N(CCO)CCCO. The first kappa shape index (κ1) is 19.5. The van der Waals surface area contributed by atoms with Gasteiger partial charge in [-0.05, 0) is 29.4 Å². The minimum atomic E-state index is -0.234. The highest BCUT2D eigenvalue weighted by Crippen LogP contribution is 2.32. The largest absolute Gasteiger partial charge is 0.396 e. The van der Waals surface area contributed by atoms with Crippen LogP contribution in [0.15, 0.2) is 18.2 Å². The Morgan fingerprint density at radius 2 is 1.61 bits per heavy atom. The summed E-state index contributed by atoms with van der Waals surface area (Å²) < 4.78 is 0. The van der Waals surface area contributed by atoms with Crippen LogP contribution in [0, 0.1) is 0 Å². The van der Waals surface area contributed by atoms with E-state index in [1.807, 2.05) is 18.2 Å². The maximum absolute atomic E-state index is 12.6. The van der Waals surface area contributed by atoms with Crippen molar-refractivity contribution in [2.75, 3.05) is 31.6 Å². The third-order valence-corrected chi connectivity index (χ3v) is 3.85. The van der Waals surface area contributed by atoms with Crippen LogP contribution < -0.4 is 5.32 Å². The fraction of sp³-hybridized carbons (Fsp3) is 0.611. The molecule has 5 heteroatoms. The van der Waals surface area contributed by atoms with Gasteiger partial charge in [0, 0.05) is 25.4 Å². The molecule has 0 aliphatic carbocycles. The third-order valence-electron chi connectivity index (χ3n) is 3.85. The zero-order chi connectivity index (χ0) is 17.4. The van der Waals surface area contributed by atoms with Crippen LogP contribution in [0.4, 0.5) is 10.5 Å². The first-order valence-corrected chi connectivity index (χ1v) is 8.32. The van der Waals surface area contributed by atoms with Gasteiger partial charge in [-0.25, -0.2) is 4.79 Å². The van der Waals surface area contributed by atoms with Crippen molar-refractivity contribution in [3.8, 4) is 0 Å². The van der Waals surface area contributed by atoms with Crippen molar-refractivity contribution in [2.24, 2.45) is 0 Å². The van der Waals surface area contributed by atoms with Crippen molar-refractivity contribution in [1.29, 1.82) is 0 Å². The molecule has 0 saturated heterocycles. The number of amides is 2. The first-order chi connectivity index (χ1) is 10.9. The van der Waals surface area contributed by atoms with Gasteiger partial charge in [-0.15, -0.1) is 0 Å². The quantitative estimate of drug-likeness (QED) is 0.688. The van der Waals surface area contributed by atoms with Crippen molar-refractivity contribution in [2.45, 2.75) is 46.0 Å². The van der Waals surface area contributed by atoms with E-state index < -0.39 is 0 Å². The normalized spacial score (nSPS) is 11.1. The zero-order valence-corrected chi connectivity index (χ0v) is 14.7. The average Bonchev–Trinajstić information content (AvgIpc) is 2.50. The highest BCUT2D eigenvalue weighted by atomic mass is 16.3. The van der Waals surface area contributed by atoms with Crippen LogP contribution in [0.5, 0.6) is 0 Å². The number of carbonyl (C=O) groups is 1. The molecule has 0 unspecified atom stereocenters. The molecule has 0 aliphatic heterocycles. The number of anilines is 1. The van der Waals surface area contributed by atoms with E-state index in [1.165, 1.54) is 4.90 Å². The summed E-state index contributed by atoms with van der Waals surface area (Å²) in [7, 11) is 0. The molecule has 0 bridgehead atoms. The van der Waals surface area contributed by atoms with Gasteiger partial charge in [0.15, 0.2) is 0 Å². The first-order valence-electron chi connectivity index (χ1n) is 8.32. The fourth-order valence-corrected chi connectivity index (χ4v) is 2.58. The topological polar surface area (TPSA) is 72.8 Å². The zero-order valence-electron chi connectivity index (χ0n) is 14.7. The molecule has 3 N–H and O–H groups in total.